The van der Waals surface area contributed by atoms with Gasteiger partial charge in [0, 0.05) is 28.0 Å². The van der Waals surface area contributed by atoms with Crippen LogP contribution < -0.4 is 4.74 Å². The van der Waals surface area contributed by atoms with Crippen LogP contribution in [0, 0.1) is 10.8 Å². The van der Waals surface area contributed by atoms with E-state index in [0.717, 1.165) is 11.5 Å². The van der Waals surface area contributed by atoms with Crippen molar-refractivity contribution >= 4 is 11.8 Å². The number of hydrogen-bond donors (Lipinski definition) is 0. The van der Waals surface area contributed by atoms with Crippen LogP contribution in [0.2, 0.25) is 0 Å². The summed E-state index contributed by atoms with van der Waals surface area (Å²) in [5.41, 5.74) is 8.90. The summed E-state index contributed by atoms with van der Waals surface area (Å²) in [7, 11) is 0. The van der Waals surface area contributed by atoms with Crippen molar-refractivity contribution in [2.45, 2.75) is 70.6 Å². The SMILES string of the molecule is CC(C)(C)C1c2ccccc2COc2ccccc21.CC(C)(C)C1c2ccccc2CSc2ccccc21. The summed E-state index contributed by atoms with van der Waals surface area (Å²) in [4.78, 5) is 1.44. The minimum absolute atomic E-state index is 0.167. The lowest BCUT2D eigenvalue weighted by atomic mass is 9.71. The molecular weight excluding hydrogens is 480 g/mol. The molecule has 1 nitrogen and oxygen atoms in total. The number of hydrogen-bond acceptors (Lipinski definition) is 2. The standard InChI is InChI=1S/C18H20O.C18H20S/c2*1-18(2,3)17-14-9-5-4-8-13(14)12-19-16-11-7-6-10-15(16)17/h2*4-11,17H,12H2,1-3H3. The van der Waals surface area contributed by atoms with Crippen LogP contribution in [-0.2, 0) is 12.4 Å². The van der Waals surface area contributed by atoms with E-state index in [4.69, 9.17) is 4.74 Å². The van der Waals surface area contributed by atoms with Crippen molar-refractivity contribution < 1.29 is 4.74 Å². The Balaban J connectivity index is 0.000000155. The summed E-state index contributed by atoms with van der Waals surface area (Å²) < 4.78 is 6.00. The molecule has 0 radical (unpaired) electrons. The molecule has 196 valence electrons. The lowest BCUT2D eigenvalue weighted by Gasteiger charge is -2.32. The molecule has 0 fully saturated rings. The molecular formula is C36H40OS. The van der Waals surface area contributed by atoms with Gasteiger partial charge in [0.15, 0.2) is 0 Å². The van der Waals surface area contributed by atoms with Crippen LogP contribution in [0.15, 0.2) is 102 Å². The van der Waals surface area contributed by atoms with Crippen LogP contribution in [-0.4, -0.2) is 0 Å². The highest BCUT2D eigenvalue weighted by molar-refractivity contribution is 7.98. The average molecular weight is 521 g/mol. The highest BCUT2D eigenvalue weighted by Gasteiger charge is 2.34. The quantitative estimate of drug-likeness (QED) is 0.228. The molecule has 2 heterocycles. The van der Waals surface area contributed by atoms with Crippen LogP contribution >= 0.6 is 11.8 Å². The van der Waals surface area contributed by atoms with Crippen molar-refractivity contribution in [1.29, 1.82) is 0 Å². The predicted octanol–water partition coefficient (Wildman–Crippen LogP) is 10.2. The first-order valence-corrected chi connectivity index (χ1v) is 14.7. The van der Waals surface area contributed by atoms with Gasteiger partial charge in [-0.2, -0.15) is 0 Å². The Bertz CT molecular complexity index is 1200. The molecule has 2 unspecified atom stereocenters. The van der Waals surface area contributed by atoms with Gasteiger partial charge in [-0.25, -0.2) is 0 Å². The number of para-hydroxylation sites is 1. The molecule has 2 aliphatic rings. The van der Waals surface area contributed by atoms with Gasteiger partial charge in [-0.1, -0.05) is 126 Å². The number of fused-ring (bicyclic) bond motifs is 4. The minimum Gasteiger partial charge on any atom is -0.489 e. The van der Waals surface area contributed by atoms with E-state index in [1.807, 2.05) is 11.8 Å². The van der Waals surface area contributed by atoms with Crippen LogP contribution in [0.1, 0.15) is 86.8 Å². The lowest BCUT2D eigenvalue weighted by Crippen LogP contribution is -2.20. The Morgan fingerprint density at radius 2 is 1.03 bits per heavy atom. The molecule has 0 saturated heterocycles. The van der Waals surface area contributed by atoms with E-state index in [1.165, 1.54) is 38.3 Å². The number of thioether (sulfide) groups is 1. The first-order valence-electron chi connectivity index (χ1n) is 13.7. The summed E-state index contributed by atoms with van der Waals surface area (Å²) in [5.74, 6) is 2.97. The summed E-state index contributed by atoms with van der Waals surface area (Å²) in [5, 5.41) is 0. The van der Waals surface area contributed by atoms with Crippen molar-refractivity contribution in [3.8, 4) is 5.75 Å². The highest BCUT2D eigenvalue weighted by atomic mass is 32.2. The van der Waals surface area contributed by atoms with E-state index in [-0.39, 0.29) is 10.8 Å². The van der Waals surface area contributed by atoms with E-state index in [0.29, 0.717) is 18.4 Å². The van der Waals surface area contributed by atoms with Gasteiger partial charge in [0.2, 0.25) is 0 Å². The Kier molecular flexibility index (Phi) is 7.47. The van der Waals surface area contributed by atoms with Gasteiger partial charge >= 0.3 is 0 Å². The third-order valence-corrected chi connectivity index (χ3v) is 8.83. The monoisotopic (exact) mass is 520 g/mol. The number of benzene rings is 4. The fourth-order valence-corrected chi connectivity index (χ4v) is 7.21. The summed E-state index contributed by atoms with van der Waals surface area (Å²) in [6.45, 7) is 14.6. The largest absolute Gasteiger partial charge is 0.489 e. The Hall–Kier alpha value is -2.97. The number of ether oxygens (including phenoxy) is 1. The molecule has 2 heteroatoms. The molecule has 4 aromatic rings. The van der Waals surface area contributed by atoms with Crippen molar-refractivity contribution in [1.82, 2.24) is 0 Å². The number of rotatable bonds is 0. The van der Waals surface area contributed by atoms with Crippen LogP contribution in [0.25, 0.3) is 0 Å². The summed E-state index contributed by atoms with van der Waals surface area (Å²) >= 11 is 1.97. The maximum absolute atomic E-state index is 6.00. The topological polar surface area (TPSA) is 9.23 Å². The Morgan fingerprint density at radius 3 is 1.68 bits per heavy atom. The van der Waals surface area contributed by atoms with Gasteiger partial charge in [0.05, 0.1) is 0 Å². The zero-order valence-electron chi connectivity index (χ0n) is 23.6. The predicted molar refractivity (Wildman–Crippen MR) is 162 cm³/mol. The molecule has 2 aliphatic heterocycles. The van der Waals surface area contributed by atoms with E-state index < -0.39 is 0 Å². The van der Waals surface area contributed by atoms with Gasteiger partial charge in [0.1, 0.15) is 12.4 Å². The molecule has 0 aromatic heterocycles. The van der Waals surface area contributed by atoms with Crippen LogP contribution in [0.3, 0.4) is 0 Å². The van der Waals surface area contributed by atoms with Crippen molar-refractivity contribution in [2.24, 2.45) is 10.8 Å². The molecule has 0 aliphatic carbocycles. The molecule has 6 rings (SSSR count). The zero-order valence-corrected chi connectivity index (χ0v) is 24.4. The fourth-order valence-electron chi connectivity index (χ4n) is 6.11. The van der Waals surface area contributed by atoms with E-state index >= 15 is 0 Å². The zero-order chi connectivity index (χ0) is 26.9. The Morgan fingerprint density at radius 1 is 0.553 bits per heavy atom. The highest BCUT2D eigenvalue weighted by Crippen LogP contribution is 2.49. The normalized spacial score (nSPS) is 18.2. The lowest BCUT2D eigenvalue weighted by molar-refractivity contribution is 0.304. The van der Waals surface area contributed by atoms with E-state index in [9.17, 15) is 0 Å². The van der Waals surface area contributed by atoms with Gasteiger partial charge in [-0.3, -0.25) is 0 Å². The average Bonchev–Trinajstić information content (AvgIpc) is 3.17. The van der Waals surface area contributed by atoms with Crippen molar-refractivity contribution in [3.63, 3.8) is 0 Å². The molecule has 0 amide bonds. The summed E-state index contributed by atoms with van der Waals surface area (Å²) in [6, 6.07) is 34.9. The Labute approximate surface area is 233 Å². The van der Waals surface area contributed by atoms with Gasteiger partial charge in [-0.15, -0.1) is 11.8 Å². The third-order valence-electron chi connectivity index (χ3n) is 7.69. The first-order chi connectivity index (χ1) is 18.1. The smallest absolute Gasteiger partial charge is 0.123 e. The molecule has 0 saturated carbocycles. The molecule has 0 spiro atoms. The molecule has 2 atom stereocenters. The molecule has 0 bridgehead atoms. The van der Waals surface area contributed by atoms with Crippen LogP contribution in [0.4, 0.5) is 0 Å². The van der Waals surface area contributed by atoms with Crippen LogP contribution in [0.5, 0.6) is 5.75 Å². The molecule has 4 aromatic carbocycles. The first kappa shape index (κ1) is 26.6. The second-order valence-electron chi connectivity index (χ2n) is 12.6. The maximum atomic E-state index is 6.00. The fraction of sp³-hybridized carbons (Fsp3) is 0.333. The van der Waals surface area contributed by atoms with Crippen molar-refractivity contribution in [2.75, 3.05) is 0 Å². The summed E-state index contributed by atoms with van der Waals surface area (Å²) in [6.07, 6.45) is 0. The van der Waals surface area contributed by atoms with Gasteiger partial charge in [0.25, 0.3) is 0 Å². The second-order valence-corrected chi connectivity index (χ2v) is 13.7. The van der Waals surface area contributed by atoms with E-state index in [2.05, 4.69) is 139 Å². The molecule has 38 heavy (non-hydrogen) atoms. The molecule has 0 N–H and O–H groups in total. The van der Waals surface area contributed by atoms with Crippen molar-refractivity contribution in [3.05, 3.63) is 130 Å². The van der Waals surface area contributed by atoms with Gasteiger partial charge in [-0.05, 0) is 50.8 Å². The third kappa shape index (κ3) is 5.43. The minimum atomic E-state index is 0.167. The van der Waals surface area contributed by atoms with E-state index in [1.54, 1.807) is 0 Å². The maximum Gasteiger partial charge on any atom is 0.123 e. The van der Waals surface area contributed by atoms with Gasteiger partial charge < -0.3 is 4.74 Å². The second kappa shape index (κ2) is 10.7.